The first-order chi connectivity index (χ1) is 12.1. The van der Waals surface area contributed by atoms with Crippen LogP contribution < -0.4 is 0 Å². The second kappa shape index (κ2) is 6.37. The fourth-order valence-electron chi connectivity index (χ4n) is 2.94. The van der Waals surface area contributed by atoms with Crippen LogP contribution in [0.3, 0.4) is 0 Å². The van der Waals surface area contributed by atoms with E-state index in [-0.39, 0.29) is 0 Å². The van der Waals surface area contributed by atoms with Crippen molar-refractivity contribution >= 4 is 17.4 Å². The molecule has 6 heteroatoms. The Kier molecular flexibility index (Phi) is 4.05. The van der Waals surface area contributed by atoms with Gasteiger partial charge in [0.05, 0.1) is 11.4 Å². The number of imidazole rings is 1. The number of benzene rings is 1. The van der Waals surface area contributed by atoms with Gasteiger partial charge in [-0.15, -0.1) is 10.2 Å². The predicted molar refractivity (Wildman–Crippen MR) is 100 cm³/mol. The summed E-state index contributed by atoms with van der Waals surface area (Å²) < 4.78 is 4.18. The van der Waals surface area contributed by atoms with Crippen molar-refractivity contribution < 1.29 is 0 Å². The third-order valence-electron chi connectivity index (χ3n) is 4.23. The number of hydrogen-bond acceptors (Lipinski definition) is 4. The average molecular weight is 349 g/mol. The number of rotatable bonds is 4. The lowest BCUT2D eigenvalue weighted by Gasteiger charge is -2.10. The normalized spacial score (nSPS) is 11.3. The molecule has 3 aromatic heterocycles. The zero-order valence-corrected chi connectivity index (χ0v) is 15.3. The van der Waals surface area contributed by atoms with Crippen LogP contribution in [0.25, 0.3) is 11.3 Å². The molecule has 0 aliphatic carbocycles. The quantitative estimate of drug-likeness (QED) is 0.520. The molecule has 0 N–H and O–H groups in total. The van der Waals surface area contributed by atoms with E-state index in [1.54, 1.807) is 11.8 Å². The molecular weight excluding hydrogens is 330 g/mol. The summed E-state index contributed by atoms with van der Waals surface area (Å²) in [4.78, 5) is 4.74. The number of fused-ring (bicyclic) bond motifs is 1. The SMILES string of the molecule is Cc1ccccc1-n1c(C)nnc1SCc1cn2cccc(C)c2n1. The monoisotopic (exact) mass is 349 g/mol. The summed E-state index contributed by atoms with van der Waals surface area (Å²) >= 11 is 1.66. The lowest BCUT2D eigenvalue weighted by molar-refractivity contribution is 0.861. The highest BCUT2D eigenvalue weighted by atomic mass is 32.2. The first-order valence-corrected chi connectivity index (χ1v) is 9.16. The Morgan fingerprint density at radius 2 is 1.76 bits per heavy atom. The highest BCUT2D eigenvalue weighted by molar-refractivity contribution is 7.98. The van der Waals surface area contributed by atoms with Gasteiger partial charge in [-0.3, -0.25) is 4.57 Å². The van der Waals surface area contributed by atoms with Gasteiger partial charge in [0.2, 0.25) is 0 Å². The summed E-state index contributed by atoms with van der Waals surface area (Å²) in [5, 5.41) is 9.52. The minimum Gasteiger partial charge on any atom is -0.307 e. The third-order valence-corrected chi connectivity index (χ3v) is 5.19. The minimum atomic E-state index is 0.755. The maximum absolute atomic E-state index is 4.74. The fourth-order valence-corrected chi connectivity index (χ4v) is 3.81. The van der Waals surface area contributed by atoms with Gasteiger partial charge < -0.3 is 4.40 Å². The molecule has 1 aromatic carbocycles. The van der Waals surface area contributed by atoms with Gasteiger partial charge >= 0.3 is 0 Å². The zero-order chi connectivity index (χ0) is 17.4. The molecule has 0 radical (unpaired) electrons. The van der Waals surface area contributed by atoms with E-state index in [0.29, 0.717) is 0 Å². The first-order valence-electron chi connectivity index (χ1n) is 8.17. The smallest absolute Gasteiger partial charge is 0.196 e. The maximum atomic E-state index is 4.74. The molecule has 25 heavy (non-hydrogen) atoms. The molecule has 126 valence electrons. The van der Waals surface area contributed by atoms with Crippen LogP contribution in [-0.2, 0) is 5.75 Å². The van der Waals surface area contributed by atoms with Gasteiger partial charge in [-0.1, -0.05) is 36.0 Å². The molecule has 0 aliphatic rings. The van der Waals surface area contributed by atoms with Crippen LogP contribution in [0.5, 0.6) is 0 Å². The molecule has 0 fully saturated rings. The van der Waals surface area contributed by atoms with E-state index in [0.717, 1.165) is 33.8 Å². The van der Waals surface area contributed by atoms with Gasteiger partial charge in [0.15, 0.2) is 5.16 Å². The van der Waals surface area contributed by atoms with Gasteiger partial charge in [-0.05, 0) is 44.0 Å². The van der Waals surface area contributed by atoms with Crippen molar-refractivity contribution in [1.82, 2.24) is 24.1 Å². The van der Waals surface area contributed by atoms with E-state index < -0.39 is 0 Å². The third kappa shape index (κ3) is 2.93. The lowest BCUT2D eigenvalue weighted by Crippen LogP contribution is -2.01. The van der Waals surface area contributed by atoms with Crippen LogP contribution in [0.4, 0.5) is 0 Å². The number of para-hydroxylation sites is 1. The number of aryl methyl sites for hydroxylation is 3. The highest BCUT2D eigenvalue weighted by Gasteiger charge is 2.14. The molecule has 0 spiro atoms. The topological polar surface area (TPSA) is 48.0 Å². The van der Waals surface area contributed by atoms with Crippen LogP contribution in [0.2, 0.25) is 0 Å². The summed E-state index contributed by atoms with van der Waals surface area (Å²) in [6.45, 7) is 6.17. The Morgan fingerprint density at radius 1 is 0.960 bits per heavy atom. The molecule has 0 unspecified atom stereocenters. The number of thioether (sulfide) groups is 1. The zero-order valence-electron chi connectivity index (χ0n) is 14.5. The molecule has 0 saturated heterocycles. The molecule has 0 aliphatic heterocycles. The van der Waals surface area contributed by atoms with Crippen LogP contribution in [0, 0.1) is 20.8 Å². The standard InChI is InChI=1S/C19H19N5S/c1-13-7-4-5-9-17(13)24-15(3)21-22-19(24)25-12-16-11-23-10-6-8-14(2)18(23)20-16/h4-11H,12H2,1-3H3. The van der Waals surface area contributed by atoms with Crippen LogP contribution >= 0.6 is 11.8 Å². The van der Waals surface area contributed by atoms with E-state index in [2.05, 4.69) is 57.4 Å². The molecule has 4 aromatic rings. The first kappa shape index (κ1) is 15.9. The van der Waals surface area contributed by atoms with E-state index in [9.17, 15) is 0 Å². The second-order valence-electron chi connectivity index (χ2n) is 6.09. The van der Waals surface area contributed by atoms with Gasteiger partial charge in [0.1, 0.15) is 11.5 Å². The second-order valence-corrected chi connectivity index (χ2v) is 7.04. The van der Waals surface area contributed by atoms with Crippen molar-refractivity contribution in [2.45, 2.75) is 31.7 Å². The fraction of sp³-hybridized carbons (Fsp3) is 0.211. The average Bonchev–Trinajstić information content (AvgIpc) is 3.18. The van der Waals surface area contributed by atoms with Crippen molar-refractivity contribution in [3.05, 3.63) is 71.4 Å². The number of hydrogen-bond donors (Lipinski definition) is 0. The van der Waals surface area contributed by atoms with Crippen molar-refractivity contribution in [3.8, 4) is 5.69 Å². The van der Waals surface area contributed by atoms with Gasteiger partial charge in [-0.25, -0.2) is 4.98 Å². The summed E-state index contributed by atoms with van der Waals surface area (Å²) in [6, 6.07) is 12.4. The Hall–Kier alpha value is -2.60. The number of pyridine rings is 1. The van der Waals surface area contributed by atoms with Crippen LogP contribution in [0.15, 0.2) is 53.9 Å². The predicted octanol–water partition coefficient (Wildman–Crippen LogP) is 4.13. The van der Waals surface area contributed by atoms with Crippen LogP contribution in [-0.4, -0.2) is 24.1 Å². The Labute approximate surface area is 150 Å². The number of nitrogens with zero attached hydrogens (tertiary/aromatic N) is 5. The Balaban J connectivity index is 1.63. The van der Waals surface area contributed by atoms with E-state index >= 15 is 0 Å². The molecule has 5 nitrogen and oxygen atoms in total. The molecule has 0 bridgehead atoms. The van der Waals surface area contributed by atoms with Gasteiger partial charge in [0, 0.05) is 18.1 Å². The molecule has 0 amide bonds. The molecule has 4 rings (SSSR count). The molecule has 0 saturated carbocycles. The highest BCUT2D eigenvalue weighted by Crippen LogP contribution is 2.26. The van der Waals surface area contributed by atoms with Crippen LogP contribution in [0.1, 0.15) is 22.6 Å². The van der Waals surface area contributed by atoms with Crippen molar-refractivity contribution in [3.63, 3.8) is 0 Å². The molecule has 3 heterocycles. The summed E-state index contributed by atoms with van der Waals surface area (Å²) in [5.74, 6) is 1.65. The lowest BCUT2D eigenvalue weighted by atomic mass is 10.2. The maximum Gasteiger partial charge on any atom is 0.196 e. The molecule has 0 atom stereocenters. The van der Waals surface area contributed by atoms with E-state index in [1.165, 1.54) is 11.1 Å². The summed E-state index contributed by atoms with van der Waals surface area (Å²) in [5.41, 5.74) is 5.55. The van der Waals surface area contributed by atoms with Crippen molar-refractivity contribution in [2.24, 2.45) is 0 Å². The minimum absolute atomic E-state index is 0.755. The van der Waals surface area contributed by atoms with Gasteiger partial charge in [-0.2, -0.15) is 0 Å². The van der Waals surface area contributed by atoms with E-state index in [1.807, 2.05) is 31.3 Å². The summed E-state index contributed by atoms with van der Waals surface area (Å²) in [7, 11) is 0. The van der Waals surface area contributed by atoms with Gasteiger partial charge in [0.25, 0.3) is 0 Å². The Bertz CT molecular complexity index is 1050. The van der Waals surface area contributed by atoms with Crippen molar-refractivity contribution in [1.29, 1.82) is 0 Å². The van der Waals surface area contributed by atoms with E-state index in [4.69, 9.17) is 4.98 Å². The number of aromatic nitrogens is 5. The Morgan fingerprint density at radius 3 is 2.56 bits per heavy atom. The molecular formula is C19H19N5S. The van der Waals surface area contributed by atoms with Crippen molar-refractivity contribution in [2.75, 3.05) is 0 Å². The summed E-state index contributed by atoms with van der Waals surface area (Å²) in [6.07, 6.45) is 4.11. The largest absolute Gasteiger partial charge is 0.307 e.